The summed E-state index contributed by atoms with van der Waals surface area (Å²) in [6.07, 6.45) is 0.398. The van der Waals surface area contributed by atoms with Gasteiger partial charge in [-0.15, -0.1) is 0 Å². The quantitative estimate of drug-likeness (QED) is 0.131. The molecule has 8 nitrogen and oxygen atoms in total. The Bertz CT molecular complexity index is 451. The van der Waals surface area contributed by atoms with Gasteiger partial charge in [0.25, 0.3) is 7.82 Å². The Morgan fingerprint density at radius 2 is 1.21 bits per heavy atom. The van der Waals surface area contributed by atoms with E-state index < -0.39 is 19.8 Å². The average Bonchev–Trinajstić information content (AvgIpc) is 2.45. The summed E-state index contributed by atoms with van der Waals surface area (Å²) >= 11 is 0. The van der Waals surface area contributed by atoms with E-state index in [9.17, 15) is 19.0 Å². The van der Waals surface area contributed by atoms with Crippen LogP contribution in [0.4, 0.5) is 0 Å². The van der Waals surface area contributed by atoms with Gasteiger partial charge in [0, 0.05) is 24.0 Å². The molecule has 24 heavy (non-hydrogen) atoms. The molecule has 0 unspecified atom stereocenters. The third kappa shape index (κ3) is 14.5. The third-order valence-corrected chi connectivity index (χ3v) is 3.24. The zero-order valence-corrected chi connectivity index (χ0v) is 18.4. The summed E-state index contributed by atoms with van der Waals surface area (Å²) in [5.41, 5.74) is 0.521. The second-order valence-corrected chi connectivity index (χ2v) is 6.06. The second kappa shape index (κ2) is 14.3. The Morgan fingerprint density at radius 1 is 0.875 bits per heavy atom. The van der Waals surface area contributed by atoms with E-state index in [0.29, 0.717) is 0 Å². The van der Waals surface area contributed by atoms with Crippen LogP contribution in [0.25, 0.3) is 0 Å². The zero-order chi connectivity index (χ0) is 17.9. The van der Waals surface area contributed by atoms with Crippen molar-refractivity contribution in [3.05, 3.63) is 24.3 Å². The molecule has 0 rings (SSSR count). The van der Waals surface area contributed by atoms with E-state index >= 15 is 0 Å². The number of carbonyl (C=O) groups excluding carboxylic acids is 2. The first-order valence-corrected chi connectivity index (χ1v) is 8.37. The third-order valence-electron chi connectivity index (χ3n) is 2.24. The van der Waals surface area contributed by atoms with Crippen molar-refractivity contribution >= 4 is 19.8 Å². The maximum atomic E-state index is 11.4. The minimum absolute atomic E-state index is 0. The molecule has 0 bridgehead atoms. The zero-order valence-electron chi connectivity index (χ0n) is 14.4. The number of hydrogen-bond acceptors (Lipinski definition) is 8. The molecule has 0 N–H and O–H groups in total. The number of esters is 2. The van der Waals surface area contributed by atoms with Crippen molar-refractivity contribution in [3.8, 4) is 0 Å². The molecule has 0 aromatic carbocycles. The van der Waals surface area contributed by atoms with Crippen LogP contribution in [0.15, 0.2) is 24.3 Å². The van der Waals surface area contributed by atoms with Crippen LogP contribution >= 0.6 is 7.82 Å². The van der Waals surface area contributed by atoms with E-state index in [1.807, 2.05) is 0 Å². The number of phosphoric acid groups is 1. The van der Waals surface area contributed by atoms with Gasteiger partial charge in [-0.3, -0.25) is 4.57 Å². The summed E-state index contributed by atoms with van der Waals surface area (Å²) in [7, 11) is -4.42. The number of rotatable bonds is 12. The first-order chi connectivity index (χ1) is 10.7. The van der Waals surface area contributed by atoms with Crippen LogP contribution < -0.4 is 56.3 Å². The van der Waals surface area contributed by atoms with E-state index in [1.54, 1.807) is 0 Å². The first-order valence-electron chi connectivity index (χ1n) is 6.91. The van der Waals surface area contributed by atoms with Gasteiger partial charge in [-0.25, -0.2) is 9.59 Å². The SMILES string of the molecule is C=C(C)C(=O)OCCCOP(=O)([O-])OCCCOC(=O)C(=C)C.[K+]. The summed E-state index contributed by atoms with van der Waals surface area (Å²) in [6.45, 7) is 9.51. The molecule has 0 spiro atoms. The van der Waals surface area contributed by atoms with Crippen LogP contribution in [0.3, 0.4) is 0 Å². The Hall–Kier alpha value is 0.166. The predicted molar refractivity (Wildman–Crippen MR) is 80.3 cm³/mol. The molecular weight excluding hydrogens is 366 g/mol. The van der Waals surface area contributed by atoms with E-state index in [-0.39, 0.29) is 102 Å². The van der Waals surface area contributed by atoms with E-state index in [1.165, 1.54) is 13.8 Å². The molecule has 0 aliphatic carbocycles. The van der Waals surface area contributed by atoms with Crippen molar-refractivity contribution in [3.63, 3.8) is 0 Å². The van der Waals surface area contributed by atoms with E-state index in [2.05, 4.69) is 22.2 Å². The smallest absolute Gasteiger partial charge is 0.756 e. The van der Waals surface area contributed by atoms with Gasteiger partial charge in [0.1, 0.15) is 0 Å². The van der Waals surface area contributed by atoms with Gasteiger partial charge in [-0.05, 0) is 13.8 Å². The molecule has 0 saturated carbocycles. The Balaban J connectivity index is 0. The van der Waals surface area contributed by atoms with E-state index in [0.717, 1.165) is 0 Å². The van der Waals surface area contributed by atoms with Crippen molar-refractivity contribution in [2.75, 3.05) is 26.4 Å². The molecular formula is C14H22KO8P. The number of carbonyl (C=O) groups is 2. The number of phosphoric ester groups is 1. The number of hydrogen-bond donors (Lipinski definition) is 0. The second-order valence-electron chi connectivity index (χ2n) is 4.65. The molecule has 0 aromatic rings. The molecule has 0 aliphatic heterocycles. The van der Waals surface area contributed by atoms with Gasteiger partial charge in [0.2, 0.25) is 0 Å². The van der Waals surface area contributed by atoms with Gasteiger partial charge < -0.3 is 23.4 Å². The van der Waals surface area contributed by atoms with Crippen LogP contribution in [0.1, 0.15) is 26.7 Å². The normalized spacial score (nSPS) is 10.5. The molecule has 0 aromatic heterocycles. The summed E-state index contributed by atoms with van der Waals surface area (Å²) in [5.74, 6) is -1.09. The molecule has 0 heterocycles. The first kappa shape index (κ1) is 26.4. The fourth-order valence-electron chi connectivity index (χ4n) is 1.08. The Labute approximate surface area is 184 Å². The Morgan fingerprint density at radius 3 is 1.50 bits per heavy atom. The summed E-state index contributed by atoms with van der Waals surface area (Å²) < 4.78 is 30.1. The molecule has 0 fully saturated rings. The topological polar surface area (TPSA) is 111 Å². The van der Waals surface area contributed by atoms with Gasteiger partial charge in [0.05, 0.1) is 26.4 Å². The minimum Gasteiger partial charge on any atom is -0.756 e. The van der Waals surface area contributed by atoms with Crippen LogP contribution in [0.2, 0.25) is 0 Å². The van der Waals surface area contributed by atoms with Crippen LogP contribution in [0, 0.1) is 0 Å². The van der Waals surface area contributed by atoms with Crippen LogP contribution in [0.5, 0.6) is 0 Å². The van der Waals surface area contributed by atoms with Crippen LogP contribution in [-0.4, -0.2) is 38.4 Å². The van der Waals surface area contributed by atoms with Crippen molar-refractivity contribution < 1.29 is 89.0 Å². The van der Waals surface area contributed by atoms with E-state index in [4.69, 9.17) is 9.47 Å². The maximum absolute atomic E-state index is 11.4. The minimum atomic E-state index is -4.42. The van der Waals surface area contributed by atoms with Gasteiger partial charge >= 0.3 is 63.3 Å². The molecule has 0 saturated heterocycles. The monoisotopic (exact) mass is 388 g/mol. The molecule has 0 aliphatic rings. The summed E-state index contributed by atoms with van der Waals surface area (Å²) in [4.78, 5) is 33.5. The number of ether oxygens (including phenoxy) is 2. The van der Waals surface area contributed by atoms with Crippen molar-refractivity contribution in [1.29, 1.82) is 0 Å². The fourth-order valence-corrected chi connectivity index (χ4v) is 1.86. The standard InChI is InChI=1S/C14H23O8P.K/c1-11(2)13(15)19-7-5-9-21-23(17,18)22-10-6-8-20-14(16)12(3)4;/h1,3,5-10H2,2,4H3,(H,17,18);/q;+1/p-1. The van der Waals surface area contributed by atoms with Crippen molar-refractivity contribution in [2.45, 2.75) is 26.7 Å². The molecule has 0 atom stereocenters. The van der Waals surface area contributed by atoms with Gasteiger partial charge in [0.15, 0.2) is 0 Å². The molecule has 132 valence electrons. The average molecular weight is 388 g/mol. The van der Waals surface area contributed by atoms with Crippen molar-refractivity contribution in [1.82, 2.24) is 0 Å². The maximum Gasteiger partial charge on any atom is 1.00 e. The molecule has 0 amide bonds. The fraction of sp³-hybridized carbons (Fsp3) is 0.571. The molecule has 0 radical (unpaired) electrons. The summed E-state index contributed by atoms with van der Waals surface area (Å²) in [5, 5.41) is 0. The van der Waals surface area contributed by atoms with Gasteiger partial charge in [-0.2, -0.15) is 0 Å². The van der Waals surface area contributed by atoms with Gasteiger partial charge in [-0.1, -0.05) is 13.2 Å². The predicted octanol–water partition coefficient (Wildman–Crippen LogP) is -1.49. The molecule has 10 heteroatoms. The Kier molecular flexibility index (Phi) is 15.8. The largest absolute Gasteiger partial charge is 1.00 e. The summed E-state index contributed by atoms with van der Waals surface area (Å²) in [6, 6.07) is 0. The van der Waals surface area contributed by atoms with Crippen LogP contribution in [-0.2, 0) is 32.7 Å². The van der Waals surface area contributed by atoms with Crippen molar-refractivity contribution in [2.24, 2.45) is 0 Å².